The first-order valence-corrected chi connectivity index (χ1v) is 10.1. The molecule has 0 aliphatic rings. The molecule has 0 unspecified atom stereocenters. The maximum Gasteiger partial charge on any atom is 0.341 e. The average Bonchev–Trinajstić information content (AvgIpc) is 3.37. The van der Waals surface area contributed by atoms with Crippen molar-refractivity contribution in [2.24, 2.45) is 0 Å². The third-order valence-corrected chi connectivity index (χ3v) is 6.35. The highest BCUT2D eigenvalue weighted by Crippen LogP contribution is 2.41. The summed E-state index contributed by atoms with van der Waals surface area (Å²) >= 11 is 9.28. The number of aromatic nitrogens is 2. The van der Waals surface area contributed by atoms with E-state index < -0.39 is 5.97 Å². The first-order chi connectivity index (χ1) is 13.1. The molecule has 0 saturated heterocycles. The van der Waals surface area contributed by atoms with Gasteiger partial charge in [-0.15, -0.1) is 21.5 Å². The van der Waals surface area contributed by atoms with Gasteiger partial charge in [0.1, 0.15) is 22.0 Å². The maximum absolute atomic E-state index is 11.6. The van der Waals surface area contributed by atoms with Gasteiger partial charge in [-0.3, -0.25) is 0 Å². The molecular formula is C18H13ClN2O4S2. The van der Waals surface area contributed by atoms with Gasteiger partial charge in [0.2, 0.25) is 0 Å². The number of hydrogen-bond donors (Lipinski definition) is 0. The van der Waals surface area contributed by atoms with E-state index in [-0.39, 0.29) is 0 Å². The van der Waals surface area contributed by atoms with Gasteiger partial charge in [0.15, 0.2) is 0 Å². The maximum atomic E-state index is 11.6. The smallest absolute Gasteiger partial charge is 0.341 e. The fourth-order valence-corrected chi connectivity index (χ4v) is 4.65. The number of carbonyl (C=O) groups excluding carboxylic acids is 1. The van der Waals surface area contributed by atoms with Crippen LogP contribution in [0.25, 0.3) is 20.9 Å². The summed E-state index contributed by atoms with van der Waals surface area (Å²) < 4.78 is 17.1. The van der Waals surface area contributed by atoms with Crippen LogP contribution in [0.15, 0.2) is 44.4 Å². The Hall–Kier alpha value is -2.29. The average molecular weight is 421 g/mol. The fraction of sp³-hybridized carbons (Fsp3) is 0.167. The Balaban J connectivity index is 1.51. The van der Waals surface area contributed by atoms with Crippen LogP contribution < -0.4 is 0 Å². The van der Waals surface area contributed by atoms with E-state index in [0.717, 1.165) is 15.0 Å². The van der Waals surface area contributed by atoms with Crippen molar-refractivity contribution in [3.8, 4) is 10.8 Å². The molecule has 27 heavy (non-hydrogen) atoms. The lowest BCUT2D eigenvalue weighted by molar-refractivity contribution is 0.0599. The number of methoxy groups -OCH3 is 1. The number of thioether (sulfide) groups is 1. The van der Waals surface area contributed by atoms with Crippen molar-refractivity contribution in [3.63, 3.8) is 0 Å². The van der Waals surface area contributed by atoms with Crippen LogP contribution in [0.1, 0.15) is 21.9 Å². The van der Waals surface area contributed by atoms with E-state index in [9.17, 15) is 4.79 Å². The molecule has 0 bridgehead atoms. The Morgan fingerprint density at radius 1 is 1.30 bits per heavy atom. The summed E-state index contributed by atoms with van der Waals surface area (Å²) in [5, 5.41) is 10.1. The van der Waals surface area contributed by atoms with Gasteiger partial charge in [-0.05, 0) is 19.1 Å². The van der Waals surface area contributed by atoms with Gasteiger partial charge >= 0.3 is 5.97 Å². The Bertz CT molecular complexity index is 1130. The molecule has 0 fully saturated rings. The van der Waals surface area contributed by atoms with Crippen LogP contribution in [0.3, 0.4) is 0 Å². The summed E-state index contributed by atoms with van der Waals surface area (Å²) in [6, 6.07) is 9.52. The highest BCUT2D eigenvalue weighted by molar-refractivity contribution is 7.98. The van der Waals surface area contributed by atoms with E-state index in [2.05, 4.69) is 10.2 Å². The van der Waals surface area contributed by atoms with Gasteiger partial charge in [0, 0.05) is 10.1 Å². The second-order valence-corrected chi connectivity index (χ2v) is 7.93. The summed E-state index contributed by atoms with van der Waals surface area (Å²) in [5.41, 5.74) is 0.413. The summed E-state index contributed by atoms with van der Waals surface area (Å²) in [4.78, 5) is 12.4. The number of nitrogens with zero attached hydrogens (tertiary/aromatic N) is 2. The van der Waals surface area contributed by atoms with Crippen LogP contribution in [-0.4, -0.2) is 23.3 Å². The minimum absolute atomic E-state index is 0.384. The van der Waals surface area contributed by atoms with E-state index >= 15 is 0 Å². The molecule has 3 heterocycles. The number of fused-ring (bicyclic) bond motifs is 1. The van der Waals surface area contributed by atoms with E-state index in [4.69, 9.17) is 25.2 Å². The number of thiophene rings is 1. The summed E-state index contributed by atoms with van der Waals surface area (Å²) in [5.74, 6) is 1.54. The number of esters is 1. The molecule has 6 nitrogen and oxygen atoms in total. The molecule has 0 atom stereocenters. The van der Waals surface area contributed by atoms with Crippen LogP contribution in [0.4, 0.5) is 0 Å². The second kappa shape index (κ2) is 7.38. The third-order valence-electron chi connectivity index (χ3n) is 3.85. The SMILES string of the molecule is COC(=O)c1cc(CSc2nnc(-c3sc4ccccc4c3Cl)o2)oc1C. The number of hydrogen-bond acceptors (Lipinski definition) is 8. The predicted octanol–water partition coefficient (Wildman–Crippen LogP) is 5.59. The zero-order valence-electron chi connectivity index (χ0n) is 14.3. The number of carbonyl (C=O) groups is 1. The third kappa shape index (κ3) is 3.47. The molecule has 3 aromatic heterocycles. The molecule has 4 rings (SSSR count). The Morgan fingerprint density at radius 2 is 2.11 bits per heavy atom. The van der Waals surface area contributed by atoms with Crippen molar-refractivity contribution < 1.29 is 18.4 Å². The summed E-state index contributed by atoms with van der Waals surface area (Å²) in [6.45, 7) is 1.72. The van der Waals surface area contributed by atoms with E-state index in [1.165, 1.54) is 30.2 Å². The topological polar surface area (TPSA) is 78.4 Å². The highest BCUT2D eigenvalue weighted by atomic mass is 35.5. The predicted molar refractivity (Wildman–Crippen MR) is 104 cm³/mol. The van der Waals surface area contributed by atoms with E-state index in [1.807, 2.05) is 24.3 Å². The molecule has 0 spiro atoms. The lowest BCUT2D eigenvalue weighted by Gasteiger charge is -1.93. The molecule has 9 heteroatoms. The number of aryl methyl sites for hydroxylation is 1. The molecule has 4 aromatic rings. The van der Waals surface area contributed by atoms with Crippen LogP contribution in [0.5, 0.6) is 0 Å². The van der Waals surface area contributed by atoms with Crippen molar-refractivity contribution in [1.29, 1.82) is 0 Å². The molecule has 0 radical (unpaired) electrons. The van der Waals surface area contributed by atoms with Crippen LogP contribution in [0, 0.1) is 6.92 Å². The number of ether oxygens (including phenoxy) is 1. The number of halogens is 1. The molecule has 0 aliphatic heterocycles. The zero-order chi connectivity index (χ0) is 19.0. The zero-order valence-corrected chi connectivity index (χ0v) is 16.7. The van der Waals surface area contributed by atoms with Crippen molar-refractivity contribution in [3.05, 3.63) is 52.4 Å². The highest BCUT2D eigenvalue weighted by Gasteiger charge is 2.19. The number of furan rings is 1. The van der Waals surface area contributed by atoms with Crippen LogP contribution in [-0.2, 0) is 10.5 Å². The molecule has 0 amide bonds. The molecule has 1 aromatic carbocycles. The molecule has 0 aliphatic carbocycles. The number of rotatable bonds is 5. The van der Waals surface area contributed by atoms with Gasteiger partial charge in [-0.25, -0.2) is 4.79 Å². The lowest BCUT2D eigenvalue weighted by atomic mass is 10.2. The van der Waals surface area contributed by atoms with Crippen molar-refractivity contribution in [2.45, 2.75) is 17.9 Å². The molecule has 138 valence electrons. The standard InChI is InChI=1S/C18H13ClN2O4S2/c1-9-12(17(22)23-2)7-10(24-9)8-26-18-21-20-16(25-18)15-14(19)11-5-3-4-6-13(11)27-15/h3-7H,8H2,1-2H3. The fourth-order valence-electron chi connectivity index (χ4n) is 2.57. The Labute approximate surface area is 167 Å². The summed E-state index contributed by atoms with van der Waals surface area (Å²) in [6.07, 6.45) is 0. The van der Waals surface area contributed by atoms with E-state index in [0.29, 0.717) is 39.0 Å². The number of benzene rings is 1. The normalized spacial score (nSPS) is 11.2. The minimum Gasteiger partial charge on any atom is -0.465 e. The van der Waals surface area contributed by atoms with Gasteiger partial charge in [0.05, 0.1) is 17.9 Å². The monoisotopic (exact) mass is 420 g/mol. The van der Waals surface area contributed by atoms with Gasteiger partial charge < -0.3 is 13.6 Å². The first kappa shape index (κ1) is 18.1. The molecule has 0 N–H and O–H groups in total. The molecule has 0 saturated carbocycles. The van der Waals surface area contributed by atoms with Gasteiger partial charge in [-0.1, -0.05) is 41.6 Å². The Morgan fingerprint density at radius 3 is 2.89 bits per heavy atom. The Kier molecular flexibility index (Phi) is 4.94. The molecular weight excluding hydrogens is 408 g/mol. The first-order valence-electron chi connectivity index (χ1n) is 7.88. The lowest BCUT2D eigenvalue weighted by Crippen LogP contribution is -2.00. The largest absolute Gasteiger partial charge is 0.465 e. The second-order valence-electron chi connectivity index (χ2n) is 5.58. The van der Waals surface area contributed by atoms with Crippen molar-refractivity contribution in [1.82, 2.24) is 10.2 Å². The van der Waals surface area contributed by atoms with Crippen molar-refractivity contribution in [2.75, 3.05) is 7.11 Å². The minimum atomic E-state index is -0.424. The van der Waals surface area contributed by atoms with Crippen LogP contribution >= 0.6 is 34.7 Å². The van der Waals surface area contributed by atoms with Crippen molar-refractivity contribution >= 4 is 50.8 Å². The van der Waals surface area contributed by atoms with Gasteiger partial charge in [-0.2, -0.15) is 0 Å². The quantitative estimate of drug-likeness (QED) is 0.307. The van der Waals surface area contributed by atoms with Crippen LogP contribution in [0.2, 0.25) is 5.02 Å². The van der Waals surface area contributed by atoms with Gasteiger partial charge in [0.25, 0.3) is 11.1 Å². The van der Waals surface area contributed by atoms with E-state index in [1.54, 1.807) is 13.0 Å². The summed E-state index contributed by atoms with van der Waals surface area (Å²) in [7, 11) is 1.34.